The summed E-state index contributed by atoms with van der Waals surface area (Å²) in [5.41, 5.74) is 2.66. The zero-order valence-corrected chi connectivity index (χ0v) is 15.2. The molecule has 2 aromatic carbocycles. The Morgan fingerprint density at radius 1 is 1.04 bits per heavy atom. The maximum Gasteiger partial charge on any atom is 0.263 e. The summed E-state index contributed by atoms with van der Waals surface area (Å²) in [5.74, 6) is 0.111. The number of imide groups is 1. The summed E-state index contributed by atoms with van der Waals surface area (Å²) in [7, 11) is 1.60. The maximum atomic E-state index is 13.0. The number of benzene rings is 2. The molecule has 0 saturated carbocycles. The number of hydrogen-bond acceptors (Lipinski definition) is 6. The molecule has 2 aromatic rings. The zero-order valence-electron chi connectivity index (χ0n) is 15.2. The fraction of sp³-hybridized carbons (Fsp3) is 0.300. The van der Waals surface area contributed by atoms with Gasteiger partial charge in [-0.15, -0.1) is 0 Å². The van der Waals surface area contributed by atoms with Crippen LogP contribution < -0.4 is 9.64 Å². The number of aryl methyl sites for hydroxylation is 1. The van der Waals surface area contributed by atoms with Crippen molar-refractivity contribution in [1.29, 1.82) is 0 Å². The van der Waals surface area contributed by atoms with Crippen LogP contribution in [-0.4, -0.2) is 36.0 Å². The van der Waals surface area contributed by atoms with E-state index in [4.69, 9.17) is 4.74 Å². The van der Waals surface area contributed by atoms with Crippen molar-refractivity contribution in [2.75, 3.05) is 12.0 Å². The van der Waals surface area contributed by atoms with E-state index >= 15 is 0 Å². The number of nitrogens with zero attached hydrogens (tertiary/aromatic N) is 4. The third-order valence-electron chi connectivity index (χ3n) is 4.94. The molecule has 2 amide bonds. The summed E-state index contributed by atoms with van der Waals surface area (Å²) in [6.45, 7) is 2.44. The van der Waals surface area contributed by atoms with Crippen LogP contribution in [0.5, 0.6) is 5.75 Å². The molecule has 7 nitrogen and oxygen atoms in total. The highest BCUT2D eigenvalue weighted by atomic mass is 16.5. The van der Waals surface area contributed by atoms with Crippen LogP contribution in [0.1, 0.15) is 18.1 Å². The smallest absolute Gasteiger partial charge is 0.263 e. The zero-order chi connectivity index (χ0) is 19.0. The molecule has 0 aliphatic carbocycles. The van der Waals surface area contributed by atoms with Crippen molar-refractivity contribution >= 4 is 17.5 Å². The van der Waals surface area contributed by atoms with Crippen LogP contribution in [0.4, 0.5) is 5.69 Å². The standard InChI is InChI=1S/C20H20N4O3/c1-3-13-7-9-15(10-8-13)24-19(25)17-18(20(24)26)23(22-21-17)12-14-5-4-6-16(11-14)27-2/h4-11,17-18H,3,12H2,1-2H3/t17-,18-/m0/s1. The van der Waals surface area contributed by atoms with Crippen LogP contribution in [0.25, 0.3) is 0 Å². The van der Waals surface area contributed by atoms with Gasteiger partial charge in [-0.3, -0.25) is 14.6 Å². The van der Waals surface area contributed by atoms with Crippen LogP contribution in [0, 0.1) is 0 Å². The van der Waals surface area contributed by atoms with Gasteiger partial charge in [-0.1, -0.05) is 36.4 Å². The Morgan fingerprint density at radius 3 is 2.52 bits per heavy atom. The van der Waals surface area contributed by atoms with Gasteiger partial charge in [-0.25, -0.2) is 4.90 Å². The molecular formula is C20H20N4O3. The Labute approximate surface area is 157 Å². The number of ether oxygens (including phenoxy) is 1. The summed E-state index contributed by atoms with van der Waals surface area (Å²) in [6, 6.07) is 13.5. The van der Waals surface area contributed by atoms with Crippen molar-refractivity contribution in [2.45, 2.75) is 32.0 Å². The molecule has 0 radical (unpaired) electrons. The molecule has 0 aromatic heterocycles. The second-order valence-electron chi connectivity index (χ2n) is 6.58. The lowest BCUT2D eigenvalue weighted by Crippen LogP contribution is -2.39. The molecule has 0 N–H and O–H groups in total. The Balaban J connectivity index is 1.57. The molecule has 4 rings (SSSR count). The predicted octanol–water partition coefficient (Wildman–Crippen LogP) is 2.75. The minimum Gasteiger partial charge on any atom is -0.497 e. The number of carbonyl (C=O) groups excluding carboxylic acids is 2. The highest BCUT2D eigenvalue weighted by molar-refractivity contribution is 6.25. The number of fused-ring (bicyclic) bond motifs is 1. The van der Waals surface area contributed by atoms with Crippen LogP contribution >= 0.6 is 0 Å². The highest BCUT2D eigenvalue weighted by Crippen LogP contribution is 2.33. The summed E-state index contributed by atoms with van der Waals surface area (Å²) < 4.78 is 5.24. The molecular weight excluding hydrogens is 344 g/mol. The molecule has 0 bridgehead atoms. The molecule has 0 spiro atoms. The van der Waals surface area contributed by atoms with Gasteiger partial charge in [-0.2, -0.15) is 5.11 Å². The van der Waals surface area contributed by atoms with Crippen LogP contribution in [0.15, 0.2) is 58.9 Å². The van der Waals surface area contributed by atoms with Crippen LogP contribution in [-0.2, 0) is 22.6 Å². The van der Waals surface area contributed by atoms with Crippen molar-refractivity contribution in [3.05, 3.63) is 59.7 Å². The van der Waals surface area contributed by atoms with E-state index in [0.717, 1.165) is 23.3 Å². The molecule has 1 fully saturated rings. The van der Waals surface area contributed by atoms with E-state index in [9.17, 15) is 9.59 Å². The SMILES string of the molecule is CCc1ccc(N2C(=O)[C@H]3N=NN(Cc4cccc(OC)c4)[C@@H]3C2=O)cc1. The number of hydrogen-bond donors (Lipinski definition) is 0. The van der Waals surface area contributed by atoms with Gasteiger partial charge in [0.15, 0.2) is 12.1 Å². The van der Waals surface area contributed by atoms with Gasteiger partial charge in [0, 0.05) is 0 Å². The second kappa shape index (κ2) is 6.83. The van der Waals surface area contributed by atoms with Crippen LogP contribution in [0.2, 0.25) is 0 Å². The molecule has 7 heteroatoms. The largest absolute Gasteiger partial charge is 0.497 e. The number of anilines is 1. The molecule has 27 heavy (non-hydrogen) atoms. The lowest BCUT2D eigenvalue weighted by atomic mass is 10.1. The van der Waals surface area contributed by atoms with E-state index in [-0.39, 0.29) is 11.8 Å². The average molecular weight is 364 g/mol. The van der Waals surface area contributed by atoms with E-state index in [1.807, 2.05) is 36.4 Å². The van der Waals surface area contributed by atoms with Crippen LogP contribution in [0.3, 0.4) is 0 Å². The predicted molar refractivity (Wildman–Crippen MR) is 99.3 cm³/mol. The van der Waals surface area contributed by atoms with Gasteiger partial charge >= 0.3 is 0 Å². The van der Waals surface area contributed by atoms with Gasteiger partial charge in [0.25, 0.3) is 11.8 Å². The van der Waals surface area contributed by atoms with E-state index in [2.05, 4.69) is 17.3 Å². The summed E-state index contributed by atoms with van der Waals surface area (Å²) in [5, 5.41) is 9.73. The third kappa shape index (κ3) is 2.95. The Morgan fingerprint density at radius 2 is 1.81 bits per heavy atom. The van der Waals surface area contributed by atoms with E-state index in [1.54, 1.807) is 24.3 Å². The first-order valence-corrected chi connectivity index (χ1v) is 8.89. The first-order valence-electron chi connectivity index (χ1n) is 8.89. The van der Waals surface area contributed by atoms with Gasteiger partial charge in [0.2, 0.25) is 0 Å². The molecule has 2 atom stereocenters. The first kappa shape index (κ1) is 17.2. The normalized spacial score (nSPS) is 21.1. The van der Waals surface area contributed by atoms with Gasteiger partial charge < -0.3 is 4.74 Å². The van der Waals surface area contributed by atoms with Crippen molar-refractivity contribution in [2.24, 2.45) is 10.3 Å². The minimum atomic E-state index is -0.783. The number of amides is 2. The highest BCUT2D eigenvalue weighted by Gasteiger charge is 2.54. The lowest BCUT2D eigenvalue weighted by Gasteiger charge is -2.21. The molecule has 138 valence electrons. The van der Waals surface area contributed by atoms with Crippen molar-refractivity contribution < 1.29 is 14.3 Å². The Bertz CT molecular complexity index is 910. The molecule has 2 aliphatic rings. The second-order valence-corrected chi connectivity index (χ2v) is 6.58. The number of rotatable bonds is 5. The molecule has 1 saturated heterocycles. The lowest BCUT2D eigenvalue weighted by molar-refractivity contribution is -0.123. The summed E-state index contributed by atoms with van der Waals surface area (Å²) >= 11 is 0. The first-order chi connectivity index (χ1) is 13.1. The third-order valence-corrected chi connectivity index (χ3v) is 4.94. The molecule has 2 heterocycles. The fourth-order valence-electron chi connectivity index (χ4n) is 3.45. The number of carbonyl (C=O) groups is 2. The quantitative estimate of drug-likeness (QED) is 0.765. The Kier molecular flexibility index (Phi) is 4.35. The van der Waals surface area contributed by atoms with E-state index < -0.39 is 12.1 Å². The topological polar surface area (TPSA) is 74.6 Å². The fourth-order valence-corrected chi connectivity index (χ4v) is 3.45. The van der Waals surface area contributed by atoms with Gasteiger partial charge in [0.05, 0.1) is 19.3 Å². The van der Waals surface area contributed by atoms with E-state index in [0.29, 0.717) is 12.2 Å². The van der Waals surface area contributed by atoms with Crippen molar-refractivity contribution in [1.82, 2.24) is 5.01 Å². The number of methoxy groups -OCH3 is 1. The summed E-state index contributed by atoms with van der Waals surface area (Å²) in [4.78, 5) is 27.0. The molecule has 0 unspecified atom stereocenters. The minimum absolute atomic E-state index is 0.290. The maximum absolute atomic E-state index is 13.0. The van der Waals surface area contributed by atoms with Crippen molar-refractivity contribution in [3.63, 3.8) is 0 Å². The summed E-state index contributed by atoms with van der Waals surface area (Å²) in [6.07, 6.45) is 0.899. The van der Waals surface area contributed by atoms with Gasteiger partial charge in [-0.05, 0) is 41.8 Å². The molecule has 2 aliphatic heterocycles. The van der Waals surface area contributed by atoms with Gasteiger partial charge in [0.1, 0.15) is 5.75 Å². The monoisotopic (exact) mass is 364 g/mol. The Hall–Kier alpha value is -3.22. The van der Waals surface area contributed by atoms with Crippen molar-refractivity contribution in [3.8, 4) is 5.75 Å². The van der Waals surface area contributed by atoms with E-state index in [1.165, 1.54) is 4.90 Å². The average Bonchev–Trinajstić information content (AvgIpc) is 3.22.